The summed E-state index contributed by atoms with van der Waals surface area (Å²) in [6, 6.07) is 27.2. The van der Waals surface area contributed by atoms with E-state index in [1.165, 1.54) is 22.3 Å². The summed E-state index contributed by atoms with van der Waals surface area (Å²) in [5, 5.41) is 7.41. The van der Waals surface area contributed by atoms with E-state index in [1.807, 2.05) is 6.07 Å². The Labute approximate surface area is 161 Å². The van der Waals surface area contributed by atoms with Gasteiger partial charge in [-0.15, -0.1) is 0 Å². The maximum absolute atomic E-state index is 5.59. The molecule has 2 nitrogen and oxygen atoms in total. The van der Waals surface area contributed by atoms with Crippen molar-refractivity contribution in [1.29, 1.82) is 0 Å². The molecule has 0 bridgehead atoms. The summed E-state index contributed by atoms with van der Waals surface area (Å²) < 4.78 is 0. The third kappa shape index (κ3) is 4.50. The van der Waals surface area contributed by atoms with Gasteiger partial charge >= 0.3 is 0 Å². The number of anilines is 1. The van der Waals surface area contributed by atoms with Crippen LogP contribution in [0.25, 0.3) is 0 Å². The molecule has 0 fully saturated rings. The van der Waals surface area contributed by atoms with Crippen molar-refractivity contribution in [2.45, 2.75) is 26.3 Å². The van der Waals surface area contributed by atoms with Crippen LogP contribution in [0.5, 0.6) is 0 Å². The summed E-state index contributed by atoms with van der Waals surface area (Å²) in [6.07, 6.45) is 1.03. The van der Waals surface area contributed by atoms with E-state index in [0.717, 1.165) is 12.1 Å². The molecule has 0 radical (unpaired) electrons. The lowest BCUT2D eigenvalue weighted by atomic mass is 9.95. The fourth-order valence-electron chi connectivity index (χ4n) is 3.02. The summed E-state index contributed by atoms with van der Waals surface area (Å²) in [6.45, 7) is 4.29. The van der Waals surface area contributed by atoms with Crippen LogP contribution in [0.4, 0.5) is 5.69 Å². The number of rotatable bonds is 5. The Bertz CT molecular complexity index is 857. The second-order valence-electron chi connectivity index (χ2n) is 6.35. The number of thiocarbonyl (C=S) groups is 1. The van der Waals surface area contributed by atoms with Crippen LogP contribution in [0.2, 0.25) is 0 Å². The molecule has 0 spiro atoms. The van der Waals surface area contributed by atoms with Gasteiger partial charge in [0.1, 0.15) is 0 Å². The highest BCUT2D eigenvalue weighted by atomic mass is 32.1. The zero-order chi connectivity index (χ0) is 18.4. The van der Waals surface area contributed by atoms with Crippen LogP contribution < -0.4 is 10.6 Å². The highest BCUT2D eigenvalue weighted by Crippen LogP contribution is 2.25. The predicted octanol–water partition coefficient (Wildman–Crippen LogP) is 5.63. The number of hydrogen-bond donors (Lipinski definition) is 2. The number of aryl methyl sites for hydroxylation is 2. The first-order valence-electron chi connectivity index (χ1n) is 8.94. The largest absolute Gasteiger partial charge is 0.352 e. The van der Waals surface area contributed by atoms with Crippen molar-refractivity contribution in [3.8, 4) is 0 Å². The molecular formula is C23H24N2S. The molecule has 3 rings (SSSR count). The Morgan fingerprint density at radius 3 is 2.19 bits per heavy atom. The van der Waals surface area contributed by atoms with Gasteiger partial charge in [0.05, 0.1) is 6.04 Å². The van der Waals surface area contributed by atoms with Gasteiger partial charge in [-0.1, -0.05) is 73.7 Å². The highest BCUT2D eigenvalue weighted by Gasteiger charge is 2.16. The normalized spacial score (nSPS) is 11.6. The molecule has 3 aromatic rings. The van der Waals surface area contributed by atoms with Crippen LogP contribution in [0.15, 0.2) is 78.9 Å². The molecule has 26 heavy (non-hydrogen) atoms. The average molecular weight is 361 g/mol. The third-order valence-electron chi connectivity index (χ3n) is 4.53. The lowest BCUT2D eigenvalue weighted by Gasteiger charge is -2.23. The lowest BCUT2D eigenvalue weighted by Crippen LogP contribution is -2.33. The zero-order valence-electron chi connectivity index (χ0n) is 15.2. The Hall–Kier alpha value is -2.65. The van der Waals surface area contributed by atoms with Gasteiger partial charge in [-0.05, 0) is 59.9 Å². The van der Waals surface area contributed by atoms with E-state index in [0.29, 0.717) is 5.11 Å². The van der Waals surface area contributed by atoms with Gasteiger partial charge in [-0.2, -0.15) is 0 Å². The van der Waals surface area contributed by atoms with Gasteiger partial charge in [0.2, 0.25) is 0 Å². The average Bonchev–Trinajstić information content (AvgIpc) is 2.68. The van der Waals surface area contributed by atoms with Crippen molar-refractivity contribution in [3.63, 3.8) is 0 Å². The molecule has 0 aliphatic carbocycles. The van der Waals surface area contributed by atoms with Gasteiger partial charge in [0.15, 0.2) is 5.11 Å². The summed E-state index contributed by atoms with van der Waals surface area (Å²) in [5.74, 6) is 0. The minimum atomic E-state index is 0.00677. The second-order valence-corrected chi connectivity index (χ2v) is 6.76. The van der Waals surface area contributed by atoms with E-state index in [1.54, 1.807) is 0 Å². The van der Waals surface area contributed by atoms with Gasteiger partial charge < -0.3 is 10.6 Å². The highest BCUT2D eigenvalue weighted by molar-refractivity contribution is 7.80. The molecule has 3 heteroatoms. The number of benzene rings is 3. The fourth-order valence-corrected chi connectivity index (χ4v) is 3.25. The maximum Gasteiger partial charge on any atom is 0.171 e. The zero-order valence-corrected chi connectivity index (χ0v) is 16.0. The minimum Gasteiger partial charge on any atom is -0.352 e. The quantitative estimate of drug-likeness (QED) is 0.576. The smallest absolute Gasteiger partial charge is 0.171 e. The molecule has 2 N–H and O–H groups in total. The van der Waals surface area contributed by atoms with E-state index in [9.17, 15) is 0 Å². The van der Waals surface area contributed by atoms with Crippen LogP contribution in [-0.4, -0.2) is 5.11 Å². The topological polar surface area (TPSA) is 24.1 Å². The van der Waals surface area contributed by atoms with E-state index >= 15 is 0 Å². The molecule has 0 saturated carbocycles. The summed E-state index contributed by atoms with van der Waals surface area (Å²) in [5.41, 5.74) is 5.97. The second kappa shape index (κ2) is 8.63. The van der Waals surface area contributed by atoms with Crippen molar-refractivity contribution in [3.05, 3.63) is 101 Å². The molecule has 0 amide bonds. The third-order valence-corrected chi connectivity index (χ3v) is 4.75. The molecular weight excluding hydrogens is 336 g/mol. The predicted molar refractivity (Wildman–Crippen MR) is 115 cm³/mol. The van der Waals surface area contributed by atoms with Crippen LogP contribution in [0, 0.1) is 6.92 Å². The maximum atomic E-state index is 5.59. The van der Waals surface area contributed by atoms with Crippen molar-refractivity contribution >= 4 is 23.0 Å². The standard InChI is InChI=1S/C23H24N2S/c1-3-18-13-15-20(16-14-18)24-23(26)25-22(19-10-5-4-6-11-19)21-12-8-7-9-17(21)2/h4-16,22H,3H2,1-2H3,(H2,24,25,26). The van der Waals surface area contributed by atoms with E-state index in [2.05, 4.69) is 97.3 Å². The minimum absolute atomic E-state index is 0.00677. The summed E-state index contributed by atoms with van der Waals surface area (Å²) in [7, 11) is 0. The molecule has 0 aliphatic heterocycles. The molecule has 1 atom stereocenters. The Kier molecular flexibility index (Phi) is 6.03. The molecule has 0 aliphatic rings. The van der Waals surface area contributed by atoms with E-state index in [-0.39, 0.29) is 6.04 Å². The fraction of sp³-hybridized carbons (Fsp3) is 0.174. The van der Waals surface area contributed by atoms with Crippen molar-refractivity contribution in [2.75, 3.05) is 5.32 Å². The van der Waals surface area contributed by atoms with Gasteiger partial charge in [-0.25, -0.2) is 0 Å². The van der Waals surface area contributed by atoms with E-state index in [4.69, 9.17) is 12.2 Å². The summed E-state index contributed by atoms with van der Waals surface area (Å²) >= 11 is 5.59. The van der Waals surface area contributed by atoms with Gasteiger partial charge in [0, 0.05) is 5.69 Å². The van der Waals surface area contributed by atoms with Crippen molar-refractivity contribution in [2.24, 2.45) is 0 Å². The number of nitrogens with one attached hydrogen (secondary N) is 2. The first-order valence-corrected chi connectivity index (χ1v) is 9.35. The first kappa shape index (κ1) is 18.2. The molecule has 0 heterocycles. The summed E-state index contributed by atoms with van der Waals surface area (Å²) in [4.78, 5) is 0. The van der Waals surface area contributed by atoms with Crippen LogP contribution in [0.1, 0.15) is 35.2 Å². The van der Waals surface area contributed by atoms with Crippen LogP contribution in [0.3, 0.4) is 0 Å². The molecule has 132 valence electrons. The SMILES string of the molecule is CCc1ccc(NC(=S)NC(c2ccccc2)c2ccccc2C)cc1. The lowest BCUT2D eigenvalue weighted by molar-refractivity contribution is 0.762. The van der Waals surface area contributed by atoms with Crippen molar-refractivity contribution < 1.29 is 0 Å². The van der Waals surface area contributed by atoms with Crippen molar-refractivity contribution in [1.82, 2.24) is 5.32 Å². The molecule has 1 unspecified atom stereocenters. The Morgan fingerprint density at radius 2 is 1.54 bits per heavy atom. The number of hydrogen-bond acceptors (Lipinski definition) is 1. The Morgan fingerprint density at radius 1 is 0.885 bits per heavy atom. The molecule has 3 aromatic carbocycles. The monoisotopic (exact) mass is 360 g/mol. The molecule has 0 saturated heterocycles. The Balaban J connectivity index is 1.81. The van der Waals surface area contributed by atoms with Gasteiger partial charge in [0.25, 0.3) is 0 Å². The first-order chi connectivity index (χ1) is 12.7. The van der Waals surface area contributed by atoms with E-state index < -0.39 is 0 Å². The van der Waals surface area contributed by atoms with Crippen LogP contribution in [-0.2, 0) is 6.42 Å². The van der Waals surface area contributed by atoms with Gasteiger partial charge in [-0.3, -0.25) is 0 Å². The molecule has 0 aromatic heterocycles. The van der Waals surface area contributed by atoms with Crippen LogP contribution >= 0.6 is 12.2 Å².